The maximum absolute atomic E-state index is 12.3. The fourth-order valence-electron chi connectivity index (χ4n) is 3.17. The Morgan fingerprint density at radius 2 is 1.79 bits per heavy atom. The van der Waals surface area contributed by atoms with E-state index in [9.17, 15) is 9.59 Å². The van der Waals surface area contributed by atoms with Crippen molar-refractivity contribution in [3.8, 4) is 0 Å². The lowest BCUT2D eigenvalue weighted by Crippen LogP contribution is -2.41. The summed E-state index contributed by atoms with van der Waals surface area (Å²) in [5.74, 6) is -0.272. The molecule has 1 fully saturated rings. The first-order valence-electron chi connectivity index (χ1n) is 9.75. The third-order valence-corrected chi connectivity index (χ3v) is 4.71. The molecule has 1 aromatic rings. The Morgan fingerprint density at radius 3 is 2.46 bits per heavy atom. The van der Waals surface area contributed by atoms with Crippen LogP contribution in [0.2, 0.25) is 0 Å². The van der Waals surface area contributed by atoms with Crippen molar-refractivity contribution >= 4 is 48.0 Å². The number of benzene rings is 1. The van der Waals surface area contributed by atoms with Gasteiger partial charge in [-0.15, -0.1) is 24.8 Å². The van der Waals surface area contributed by atoms with E-state index in [1.165, 1.54) is 12.8 Å². The minimum Gasteiger partial charge on any atom is -0.371 e. The van der Waals surface area contributed by atoms with Crippen LogP contribution >= 0.6 is 24.8 Å². The molecule has 0 bridgehead atoms. The molecule has 0 aliphatic carbocycles. The predicted molar refractivity (Wildman–Crippen MR) is 121 cm³/mol. The molecule has 0 spiro atoms. The average Bonchev–Trinajstić information content (AvgIpc) is 3.16. The second kappa shape index (κ2) is 14.5. The molecule has 1 unspecified atom stereocenters. The zero-order valence-electron chi connectivity index (χ0n) is 16.6. The van der Waals surface area contributed by atoms with Crippen molar-refractivity contribution < 1.29 is 9.59 Å². The van der Waals surface area contributed by atoms with Crippen molar-refractivity contribution in [1.29, 1.82) is 0 Å². The molecule has 2 rings (SSSR count). The highest BCUT2D eigenvalue weighted by Gasteiger charge is 2.17. The van der Waals surface area contributed by atoms with Gasteiger partial charge in [0.15, 0.2) is 0 Å². The highest BCUT2D eigenvalue weighted by Crippen LogP contribution is 2.23. The first kappa shape index (κ1) is 26.5. The lowest BCUT2D eigenvalue weighted by Gasteiger charge is -2.19. The first-order valence-corrected chi connectivity index (χ1v) is 9.75. The number of rotatable bonds is 10. The Morgan fingerprint density at radius 1 is 1.11 bits per heavy atom. The molecular weight excluding hydrogens is 399 g/mol. The van der Waals surface area contributed by atoms with E-state index in [2.05, 4.69) is 21.6 Å². The minimum absolute atomic E-state index is 0. The SMILES string of the molecule is CC(NC(=O)CCCCCCN)C(=O)Nc1cccc(N2CCCC2)c1.Cl.Cl. The Bertz CT molecular complexity index is 595. The number of hydrogen-bond acceptors (Lipinski definition) is 4. The fourth-order valence-corrected chi connectivity index (χ4v) is 3.17. The van der Waals surface area contributed by atoms with Gasteiger partial charge in [0.05, 0.1) is 0 Å². The van der Waals surface area contributed by atoms with Gasteiger partial charge in [-0.3, -0.25) is 9.59 Å². The van der Waals surface area contributed by atoms with Crippen LogP contribution in [0.15, 0.2) is 24.3 Å². The molecule has 0 radical (unpaired) electrons. The van der Waals surface area contributed by atoms with Crippen LogP contribution in [0.5, 0.6) is 0 Å². The van der Waals surface area contributed by atoms with Crippen molar-refractivity contribution in [2.24, 2.45) is 5.73 Å². The minimum atomic E-state index is -0.554. The van der Waals surface area contributed by atoms with Crippen molar-refractivity contribution in [2.75, 3.05) is 29.9 Å². The van der Waals surface area contributed by atoms with Gasteiger partial charge >= 0.3 is 0 Å². The van der Waals surface area contributed by atoms with Crippen molar-refractivity contribution in [3.63, 3.8) is 0 Å². The van der Waals surface area contributed by atoms with Crippen LogP contribution in [-0.4, -0.2) is 37.5 Å². The first-order chi connectivity index (χ1) is 12.6. The van der Waals surface area contributed by atoms with E-state index < -0.39 is 6.04 Å². The summed E-state index contributed by atoms with van der Waals surface area (Å²) in [7, 11) is 0. The molecule has 1 aliphatic rings. The van der Waals surface area contributed by atoms with Gasteiger partial charge < -0.3 is 21.3 Å². The van der Waals surface area contributed by atoms with Gasteiger partial charge in [0.25, 0.3) is 0 Å². The summed E-state index contributed by atoms with van der Waals surface area (Å²) in [4.78, 5) is 26.6. The Balaban J connectivity index is 0.00000364. The van der Waals surface area contributed by atoms with Gasteiger partial charge in [-0.1, -0.05) is 18.9 Å². The summed E-state index contributed by atoms with van der Waals surface area (Å²) in [5.41, 5.74) is 7.35. The Hall–Kier alpha value is -1.50. The maximum Gasteiger partial charge on any atom is 0.246 e. The number of halogens is 2. The normalized spacial score (nSPS) is 13.9. The second-order valence-electron chi connectivity index (χ2n) is 6.98. The third kappa shape index (κ3) is 9.13. The molecule has 1 aromatic carbocycles. The van der Waals surface area contributed by atoms with Crippen LogP contribution in [0.4, 0.5) is 11.4 Å². The Kier molecular flexibility index (Phi) is 13.7. The zero-order chi connectivity index (χ0) is 18.8. The molecule has 6 nitrogen and oxygen atoms in total. The summed E-state index contributed by atoms with van der Waals surface area (Å²) in [5, 5.41) is 5.68. The van der Waals surface area contributed by atoms with Crippen LogP contribution in [0.1, 0.15) is 51.9 Å². The van der Waals surface area contributed by atoms with Crippen LogP contribution in [0.25, 0.3) is 0 Å². The third-order valence-electron chi connectivity index (χ3n) is 4.71. The van der Waals surface area contributed by atoms with Gasteiger partial charge in [0.1, 0.15) is 6.04 Å². The molecular formula is C20H34Cl2N4O2. The molecule has 160 valence electrons. The maximum atomic E-state index is 12.3. The van der Waals surface area contributed by atoms with Gasteiger partial charge in [0, 0.05) is 30.9 Å². The summed E-state index contributed by atoms with van der Waals surface area (Å²) in [6.07, 6.45) is 6.75. The largest absolute Gasteiger partial charge is 0.371 e. The standard InChI is InChI=1S/C20H32N4O2.2ClH/c1-16(22-19(25)11-4-2-3-5-12-21)20(26)23-17-9-8-10-18(15-17)24-13-6-7-14-24;;/h8-10,15-16H,2-7,11-14,21H2,1H3,(H,22,25)(H,23,26);2*1H. The van der Waals surface area contributed by atoms with E-state index in [-0.39, 0.29) is 36.6 Å². The topological polar surface area (TPSA) is 87.5 Å². The van der Waals surface area contributed by atoms with Crippen LogP contribution in [0, 0.1) is 0 Å². The van der Waals surface area contributed by atoms with Crippen LogP contribution in [-0.2, 0) is 9.59 Å². The van der Waals surface area contributed by atoms with Crippen molar-refractivity contribution in [3.05, 3.63) is 24.3 Å². The van der Waals surface area contributed by atoms with E-state index in [0.717, 1.165) is 50.1 Å². The monoisotopic (exact) mass is 432 g/mol. The van der Waals surface area contributed by atoms with E-state index in [4.69, 9.17) is 5.73 Å². The molecule has 0 saturated carbocycles. The number of carbonyl (C=O) groups excluding carboxylic acids is 2. The summed E-state index contributed by atoms with van der Waals surface area (Å²) >= 11 is 0. The number of nitrogens with one attached hydrogen (secondary N) is 2. The fraction of sp³-hybridized carbons (Fsp3) is 0.600. The lowest BCUT2D eigenvalue weighted by molar-refractivity contribution is -0.126. The zero-order valence-corrected chi connectivity index (χ0v) is 18.2. The van der Waals surface area contributed by atoms with Gasteiger partial charge in [-0.2, -0.15) is 0 Å². The number of hydrogen-bond donors (Lipinski definition) is 3. The van der Waals surface area contributed by atoms with E-state index in [1.54, 1.807) is 6.92 Å². The number of nitrogens with zero attached hydrogens (tertiary/aromatic N) is 1. The predicted octanol–water partition coefficient (Wildman–Crippen LogP) is 3.48. The van der Waals surface area contributed by atoms with Crippen LogP contribution in [0.3, 0.4) is 0 Å². The molecule has 1 aliphatic heterocycles. The summed E-state index contributed by atoms with van der Waals surface area (Å²) < 4.78 is 0. The quantitative estimate of drug-likeness (QED) is 0.493. The van der Waals surface area contributed by atoms with E-state index >= 15 is 0 Å². The molecule has 2 amide bonds. The van der Waals surface area contributed by atoms with Crippen molar-refractivity contribution in [1.82, 2.24) is 5.32 Å². The molecule has 1 saturated heterocycles. The van der Waals surface area contributed by atoms with Gasteiger partial charge in [-0.05, 0) is 57.4 Å². The summed E-state index contributed by atoms with van der Waals surface area (Å²) in [6.45, 7) is 4.54. The van der Waals surface area contributed by atoms with E-state index in [0.29, 0.717) is 13.0 Å². The van der Waals surface area contributed by atoms with E-state index in [1.807, 2.05) is 18.2 Å². The molecule has 8 heteroatoms. The summed E-state index contributed by atoms with van der Waals surface area (Å²) in [6, 6.07) is 7.34. The molecule has 1 heterocycles. The molecule has 1 atom stereocenters. The smallest absolute Gasteiger partial charge is 0.246 e. The number of amides is 2. The van der Waals surface area contributed by atoms with Gasteiger partial charge in [0.2, 0.25) is 11.8 Å². The number of carbonyl (C=O) groups is 2. The highest BCUT2D eigenvalue weighted by molar-refractivity contribution is 5.97. The van der Waals surface area contributed by atoms with Crippen LogP contribution < -0.4 is 21.3 Å². The number of unbranched alkanes of at least 4 members (excludes halogenated alkanes) is 3. The van der Waals surface area contributed by atoms with Gasteiger partial charge in [-0.25, -0.2) is 0 Å². The Labute approximate surface area is 180 Å². The number of nitrogens with two attached hydrogens (primary N) is 1. The van der Waals surface area contributed by atoms with Crippen molar-refractivity contribution in [2.45, 2.75) is 57.9 Å². The number of anilines is 2. The molecule has 28 heavy (non-hydrogen) atoms. The lowest BCUT2D eigenvalue weighted by atomic mass is 10.1. The molecule has 0 aromatic heterocycles. The second-order valence-corrected chi connectivity index (χ2v) is 6.98. The molecule has 4 N–H and O–H groups in total. The highest BCUT2D eigenvalue weighted by atomic mass is 35.5. The average molecular weight is 433 g/mol.